The molecule has 0 spiro atoms. The number of hydrogen-bond donors (Lipinski definition) is 4. The number of amides is 1. The number of nitrogens with one attached hydrogen (secondary N) is 1. The number of aromatic hydroxyl groups is 1. The van der Waals surface area contributed by atoms with E-state index in [1.807, 2.05) is 0 Å². The molecule has 0 aliphatic carbocycles. The van der Waals surface area contributed by atoms with Crippen LogP contribution in [0.25, 0.3) is 0 Å². The normalized spacial score (nSPS) is 12.2. The van der Waals surface area contributed by atoms with Crippen molar-refractivity contribution in [3.8, 4) is 5.75 Å². The predicted molar refractivity (Wildman–Crippen MR) is 84.9 cm³/mol. The van der Waals surface area contributed by atoms with Crippen LogP contribution in [0.1, 0.15) is 6.92 Å². The van der Waals surface area contributed by atoms with E-state index in [2.05, 4.69) is 20.0 Å². The third kappa shape index (κ3) is 6.76. The summed E-state index contributed by atoms with van der Waals surface area (Å²) in [6.45, 7) is 1.84. The number of phenols is 1. The zero-order valence-electron chi connectivity index (χ0n) is 12.4. The Morgan fingerprint density at radius 1 is 1.30 bits per heavy atom. The standard InChI is InChI=1S/C14H17N5O4/c1-2-23-12(22)8-7-11(21)18-14(16)19-13(15)17-9-5-3-4-6-10(9)20/h3-8,20H,2H2,1H3,(H5,15,16,17,18,19,21)/b8-7-. The minimum Gasteiger partial charge on any atom is -0.506 e. The third-order valence-electron chi connectivity index (χ3n) is 2.26. The molecule has 6 N–H and O–H groups in total. The fraction of sp³-hybridized carbons (Fsp3) is 0.143. The zero-order valence-corrected chi connectivity index (χ0v) is 12.4. The fourth-order valence-electron chi connectivity index (χ4n) is 1.36. The van der Waals surface area contributed by atoms with Crippen molar-refractivity contribution < 1.29 is 19.4 Å². The van der Waals surface area contributed by atoms with Gasteiger partial charge in [-0.15, -0.1) is 0 Å². The quantitative estimate of drug-likeness (QED) is 0.263. The van der Waals surface area contributed by atoms with E-state index in [0.717, 1.165) is 12.2 Å². The van der Waals surface area contributed by atoms with Crippen LogP contribution in [-0.2, 0) is 14.3 Å². The molecule has 0 fully saturated rings. The molecule has 0 saturated carbocycles. The van der Waals surface area contributed by atoms with E-state index < -0.39 is 11.9 Å². The number of para-hydroxylation sites is 2. The SMILES string of the molecule is CCOC(=O)/C=C\C(=O)N/C(N)=N\C(N)=Nc1ccccc1O. The van der Waals surface area contributed by atoms with Gasteiger partial charge in [-0.2, -0.15) is 4.99 Å². The molecule has 0 aliphatic rings. The zero-order chi connectivity index (χ0) is 17.2. The van der Waals surface area contributed by atoms with Crippen molar-refractivity contribution in [1.29, 1.82) is 0 Å². The average Bonchev–Trinajstić information content (AvgIpc) is 2.47. The minimum absolute atomic E-state index is 0.0781. The number of hydrogen-bond acceptors (Lipinski definition) is 5. The van der Waals surface area contributed by atoms with Crippen LogP contribution in [0.4, 0.5) is 5.69 Å². The molecule has 1 aromatic rings. The van der Waals surface area contributed by atoms with E-state index in [9.17, 15) is 14.7 Å². The van der Waals surface area contributed by atoms with E-state index in [1.165, 1.54) is 12.1 Å². The molecule has 0 bridgehead atoms. The molecule has 9 nitrogen and oxygen atoms in total. The summed E-state index contributed by atoms with van der Waals surface area (Å²) >= 11 is 0. The highest BCUT2D eigenvalue weighted by atomic mass is 16.5. The number of rotatable bonds is 4. The van der Waals surface area contributed by atoms with E-state index in [0.29, 0.717) is 0 Å². The number of carbonyl (C=O) groups is 2. The van der Waals surface area contributed by atoms with Gasteiger partial charge in [0.25, 0.3) is 5.91 Å². The predicted octanol–water partition coefficient (Wildman–Crippen LogP) is -0.111. The Labute approximate surface area is 132 Å². The van der Waals surface area contributed by atoms with Gasteiger partial charge in [-0.25, -0.2) is 9.79 Å². The van der Waals surface area contributed by atoms with E-state index in [4.69, 9.17) is 11.5 Å². The van der Waals surface area contributed by atoms with Gasteiger partial charge in [-0.05, 0) is 19.1 Å². The van der Waals surface area contributed by atoms with Crippen molar-refractivity contribution in [2.24, 2.45) is 21.5 Å². The Bertz CT molecular complexity index is 667. The molecule has 122 valence electrons. The van der Waals surface area contributed by atoms with Crippen LogP contribution in [0.2, 0.25) is 0 Å². The molecular formula is C14H17N5O4. The van der Waals surface area contributed by atoms with Crippen LogP contribution in [-0.4, -0.2) is 35.5 Å². The Hall–Kier alpha value is -3.36. The number of nitrogens with two attached hydrogens (primary N) is 2. The van der Waals surface area contributed by atoms with Crippen LogP contribution in [0.15, 0.2) is 46.4 Å². The first-order valence-electron chi connectivity index (χ1n) is 6.54. The Balaban J connectivity index is 2.68. The maximum absolute atomic E-state index is 11.5. The summed E-state index contributed by atoms with van der Waals surface area (Å²) in [5, 5.41) is 11.7. The van der Waals surface area contributed by atoms with Gasteiger partial charge in [0.2, 0.25) is 11.9 Å². The lowest BCUT2D eigenvalue weighted by Gasteiger charge is -2.02. The molecule has 0 atom stereocenters. The Morgan fingerprint density at radius 3 is 2.65 bits per heavy atom. The number of ether oxygens (including phenoxy) is 1. The molecule has 1 aromatic carbocycles. The first-order chi connectivity index (χ1) is 10.9. The van der Waals surface area contributed by atoms with Crippen molar-refractivity contribution >= 4 is 29.5 Å². The lowest BCUT2D eigenvalue weighted by Crippen LogP contribution is -2.37. The summed E-state index contributed by atoms with van der Waals surface area (Å²) in [6.07, 6.45) is 1.89. The smallest absolute Gasteiger partial charge is 0.330 e. The molecule has 0 aliphatic heterocycles. The summed E-state index contributed by atoms with van der Waals surface area (Å²) in [6, 6.07) is 6.23. The molecule has 1 rings (SSSR count). The van der Waals surface area contributed by atoms with Crippen LogP contribution in [0.5, 0.6) is 5.75 Å². The van der Waals surface area contributed by atoms with Crippen molar-refractivity contribution in [3.63, 3.8) is 0 Å². The number of nitrogens with zero attached hydrogens (tertiary/aromatic N) is 2. The molecule has 0 radical (unpaired) electrons. The van der Waals surface area contributed by atoms with Crippen molar-refractivity contribution in [1.82, 2.24) is 5.32 Å². The van der Waals surface area contributed by atoms with Gasteiger partial charge in [-0.3, -0.25) is 10.1 Å². The average molecular weight is 319 g/mol. The molecule has 0 unspecified atom stereocenters. The van der Waals surface area contributed by atoms with Gasteiger partial charge in [0.05, 0.1) is 6.61 Å². The Kier molecular flexibility index (Phi) is 6.79. The van der Waals surface area contributed by atoms with Crippen molar-refractivity contribution in [2.75, 3.05) is 6.61 Å². The molecule has 0 heterocycles. The number of phenolic OH excluding ortho intramolecular Hbond substituents is 1. The summed E-state index contributed by atoms with van der Waals surface area (Å²) in [7, 11) is 0. The maximum Gasteiger partial charge on any atom is 0.330 e. The number of aliphatic imine (C=N–C) groups is 2. The van der Waals surface area contributed by atoms with Gasteiger partial charge in [0.1, 0.15) is 11.4 Å². The topological polar surface area (TPSA) is 152 Å². The summed E-state index contributed by atoms with van der Waals surface area (Å²) < 4.78 is 4.61. The third-order valence-corrected chi connectivity index (χ3v) is 2.26. The second-order valence-corrected chi connectivity index (χ2v) is 4.03. The second kappa shape index (κ2) is 8.82. The molecule has 1 amide bonds. The fourth-order valence-corrected chi connectivity index (χ4v) is 1.36. The van der Waals surface area contributed by atoms with Gasteiger partial charge in [0.15, 0.2) is 0 Å². The molecular weight excluding hydrogens is 302 g/mol. The second-order valence-electron chi connectivity index (χ2n) is 4.03. The maximum atomic E-state index is 11.5. The van der Waals surface area contributed by atoms with Gasteiger partial charge >= 0.3 is 5.97 Å². The van der Waals surface area contributed by atoms with E-state index in [-0.39, 0.29) is 30.0 Å². The number of carbonyl (C=O) groups excluding carboxylic acids is 2. The monoisotopic (exact) mass is 319 g/mol. The highest BCUT2D eigenvalue weighted by molar-refractivity contribution is 6.06. The van der Waals surface area contributed by atoms with Gasteiger partial charge < -0.3 is 21.3 Å². The number of guanidine groups is 2. The molecule has 23 heavy (non-hydrogen) atoms. The van der Waals surface area contributed by atoms with Crippen molar-refractivity contribution in [2.45, 2.75) is 6.92 Å². The first kappa shape index (κ1) is 17.7. The summed E-state index contributed by atoms with van der Waals surface area (Å²) in [4.78, 5) is 30.0. The summed E-state index contributed by atoms with van der Waals surface area (Å²) in [5.74, 6) is -2.00. The lowest BCUT2D eigenvalue weighted by molar-refractivity contribution is -0.137. The van der Waals surface area contributed by atoms with Crippen LogP contribution in [0.3, 0.4) is 0 Å². The summed E-state index contributed by atoms with van der Waals surface area (Å²) in [5.41, 5.74) is 11.2. The van der Waals surface area contributed by atoms with E-state index >= 15 is 0 Å². The number of esters is 1. The molecule has 9 heteroatoms. The Morgan fingerprint density at radius 2 is 2.00 bits per heavy atom. The van der Waals surface area contributed by atoms with Crippen LogP contribution >= 0.6 is 0 Å². The van der Waals surface area contributed by atoms with Crippen LogP contribution < -0.4 is 16.8 Å². The highest BCUT2D eigenvalue weighted by Gasteiger charge is 2.03. The largest absolute Gasteiger partial charge is 0.506 e. The van der Waals surface area contributed by atoms with Gasteiger partial charge in [-0.1, -0.05) is 12.1 Å². The minimum atomic E-state index is -0.685. The highest BCUT2D eigenvalue weighted by Crippen LogP contribution is 2.24. The van der Waals surface area contributed by atoms with Crippen LogP contribution in [0, 0.1) is 0 Å². The first-order valence-corrected chi connectivity index (χ1v) is 6.54. The van der Waals surface area contributed by atoms with E-state index in [1.54, 1.807) is 19.1 Å². The molecule has 0 aromatic heterocycles. The number of benzene rings is 1. The van der Waals surface area contributed by atoms with Gasteiger partial charge in [0, 0.05) is 12.2 Å². The van der Waals surface area contributed by atoms with Crippen molar-refractivity contribution in [3.05, 3.63) is 36.4 Å². The molecule has 0 saturated heterocycles. The lowest BCUT2D eigenvalue weighted by atomic mass is 10.3.